The number of hydrogen-bond acceptors (Lipinski definition) is 3. The van der Waals surface area contributed by atoms with Crippen molar-refractivity contribution >= 4 is 22.8 Å². The van der Waals surface area contributed by atoms with Gasteiger partial charge in [-0.15, -0.1) is 11.3 Å². The largest absolute Gasteiger partial charge is 0.399 e. The number of thiophene rings is 1. The second-order valence-electron chi connectivity index (χ2n) is 5.37. The van der Waals surface area contributed by atoms with Crippen LogP contribution in [0.15, 0.2) is 60.7 Å². The molecule has 0 aliphatic rings. The smallest absolute Gasteiger partial charge is 0.177 e. The van der Waals surface area contributed by atoms with Gasteiger partial charge in [-0.2, -0.15) is 0 Å². The highest BCUT2D eigenvalue weighted by atomic mass is 32.1. The van der Waals surface area contributed by atoms with Gasteiger partial charge in [-0.25, -0.2) is 0 Å². The fourth-order valence-corrected chi connectivity index (χ4v) is 3.25. The van der Waals surface area contributed by atoms with Gasteiger partial charge in [0.25, 0.3) is 0 Å². The van der Waals surface area contributed by atoms with Gasteiger partial charge >= 0.3 is 0 Å². The van der Waals surface area contributed by atoms with E-state index < -0.39 is 0 Å². The molecular formula is C19H17NOS. The van der Waals surface area contributed by atoms with Crippen LogP contribution >= 0.6 is 11.3 Å². The monoisotopic (exact) mass is 307 g/mol. The number of carbonyl (C=O) groups is 1. The number of carbonyl (C=O) groups excluding carboxylic acids is 1. The third-order valence-electron chi connectivity index (χ3n) is 3.54. The first kappa shape index (κ1) is 14.5. The lowest BCUT2D eigenvalue weighted by Gasteiger charge is -2.00. The zero-order valence-electron chi connectivity index (χ0n) is 12.4. The lowest BCUT2D eigenvalue weighted by Crippen LogP contribution is -2.00. The molecule has 0 saturated heterocycles. The number of rotatable bonds is 4. The Balaban J connectivity index is 1.78. The first-order valence-electron chi connectivity index (χ1n) is 7.16. The molecule has 3 heteroatoms. The van der Waals surface area contributed by atoms with E-state index in [2.05, 4.69) is 0 Å². The summed E-state index contributed by atoms with van der Waals surface area (Å²) in [5.41, 5.74) is 9.86. The second kappa shape index (κ2) is 6.16. The molecule has 1 heterocycles. The molecule has 0 bridgehead atoms. The van der Waals surface area contributed by atoms with Crippen molar-refractivity contribution < 1.29 is 4.79 Å². The molecule has 2 aromatic carbocycles. The zero-order valence-corrected chi connectivity index (χ0v) is 13.2. The molecule has 0 saturated carbocycles. The van der Waals surface area contributed by atoms with Gasteiger partial charge in [-0.1, -0.05) is 42.0 Å². The average Bonchev–Trinajstić information content (AvgIpc) is 3.00. The van der Waals surface area contributed by atoms with E-state index in [-0.39, 0.29) is 5.78 Å². The van der Waals surface area contributed by atoms with Gasteiger partial charge in [0.2, 0.25) is 0 Å². The number of Topliss-reactive ketones (excluding diaryl/α,β-unsaturated/α-hetero) is 1. The summed E-state index contributed by atoms with van der Waals surface area (Å²) in [6.07, 6.45) is 0.442. The Hall–Kier alpha value is -2.39. The molecule has 2 N–H and O–H groups in total. The molecule has 0 atom stereocenters. The predicted molar refractivity (Wildman–Crippen MR) is 93.4 cm³/mol. The molecule has 0 spiro atoms. The summed E-state index contributed by atoms with van der Waals surface area (Å²) in [5, 5.41) is 0. The Kier molecular flexibility index (Phi) is 4.07. The Morgan fingerprint density at radius 3 is 2.55 bits per heavy atom. The molecule has 0 amide bonds. The minimum Gasteiger partial charge on any atom is -0.399 e. The van der Waals surface area contributed by atoms with Crippen molar-refractivity contribution in [3.8, 4) is 10.4 Å². The van der Waals surface area contributed by atoms with Crippen LogP contribution in [0, 0.1) is 6.92 Å². The van der Waals surface area contributed by atoms with Crippen LogP contribution in [0.5, 0.6) is 0 Å². The molecular weight excluding hydrogens is 290 g/mol. The fraction of sp³-hybridized carbons (Fsp3) is 0.105. The number of hydrogen-bond donors (Lipinski definition) is 1. The molecule has 0 radical (unpaired) electrons. The third kappa shape index (κ3) is 3.26. The summed E-state index contributed by atoms with van der Waals surface area (Å²) < 4.78 is 0. The van der Waals surface area contributed by atoms with E-state index in [9.17, 15) is 4.79 Å². The van der Waals surface area contributed by atoms with E-state index in [1.165, 1.54) is 16.9 Å². The fourth-order valence-electron chi connectivity index (χ4n) is 2.31. The summed E-state index contributed by atoms with van der Waals surface area (Å²) in [6, 6.07) is 19.7. The SMILES string of the molecule is Cc1ccc(CC(=O)c2ccc(-c3cccc(N)c3)s2)cc1. The van der Waals surface area contributed by atoms with Crippen LogP contribution in [0.4, 0.5) is 5.69 Å². The Labute approximate surface area is 134 Å². The Morgan fingerprint density at radius 1 is 1.05 bits per heavy atom. The van der Waals surface area contributed by atoms with Crippen molar-refractivity contribution in [1.82, 2.24) is 0 Å². The van der Waals surface area contributed by atoms with E-state index >= 15 is 0 Å². The van der Waals surface area contributed by atoms with Crippen molar-refractivity contribution in [3.63, 3.8) is 0 Å². The highest BCUT2D eigenvalue weighted by Gasteiger charge is 2.11. The second-order valence-corrected chi connectivity index (χ2v) is 6.46. The zero-order chi connectivity index (χ0) is 15.5. The van der Waals surface area contributed by atoms with Gasteiger partial charge in [0.15, 0.2) is 5.78 Å². The molecule has 0 unspecified atom stereocenters. The van der Waals surface area contributed by atoms with Crippen LogP contribution in [0.1, 0.15) is 20.8 Å². The molecule has 0 aliphatic heterocycles. The summed E-state index contributed by atoms with van der Waals surface area (Å²) in [4.78, 5) is 14.3. The maximum atomic E-state index is 12.4. The van der Waals surface area contributed by atoms with E-state index in [0.717, 1.165) is 26.6 Å². The van der Waals surface area contributed by atoms with Crippen LogP contribution in [-0.2, 0) is 6.42 Å². The van der Waals surface area contributed by atoms with Crippen molar-refractivity contribution in [1.29, 1.82) is 0 Å². The van der Waals surface area contributed by atoms with Gasteiger partial charge in [0, 0.05) is 17.0 Å². The normalized spacial score (nSPS) is 10.6. The van der Waals surface area contributed by atoms with Crippen molar-refractivity contribution in [3.05, 3.63) is 76.7 Å². The van der Waals surface area contributed by atoms with E-state index in [0.29, 0.717) is 6.42 Å². The minimum absolute atomic E-state index is 0.156. The standard InChI is InChI=1S/C19H17NOS/c1-13-5-7-14(8-6-13)11-17(21)19-10-9-18(22-19)15-3-2-4-16(20)12-15/h2-10,12H,11,20H2,1H3. The van der Waals surface area contributed by atoms with Crippen LogP contribution in [0.2, 0.25) is 0 Å². The average molecular weight is 307 g/mol. The Bertz CT molecular complexity index is 802. The van der Waals surface area contributed by atoms with Crippen LogP contribution in [0.3, 0.4) is 0 Å². The summed E-state index contributed by atoms with van der Waals surface area (Å²) in [5.74, 6) is 0.156. The molecule has 3 aromatic rings. The van der Waals surface area contributed by atoms with Gasteiger partial charge in [-0.3, -0.25) is 4.79 Å². The molecule has 1 aromatic heterocycles. The first-order chi connectivity index (χ1) is 10.6. The molecule has 2 nitrogen and oxygen atoms in total. The minimum atomic E-state index is 0.156. The van der Waals surface area contributed by atoms with Crippen molar-refractivity contribution in [2.24, 2.45) is 0 Å². The molecule has 0 fully saturated rings. The number of ketones is 1. The van der Waals surface area contributed by atoms with Gasteiger partial charge in [-0.05, 0) is 42.3 Å². The molecule has 0 aliphatic carbocycles. The number of nitrogen functional groups attached to an aromatic ring is 1. The Morgan fingerprint density at radius 2 is 1.82 bits per heavy atom. The quantitative estimate of drug-likeness (QED) is 0.559. The van der Waals surface area contributed by atoms with Crippen molar-refractivity contribution in [2.45, 2.75) is 13.3 Å². The summed E-state index contributed by atoms with van der Waals surface area (Å²) in [7, 11) is 0. The molecule has 110 valence electrons. The molecule has 22 heavy (non-hydrogen) atoms. The molecule has 3 rings (SSSR count). The number of nitrogens with two attached hydrogens (primary N) is 1. The predicted octanol–water partition coefficient (Wildman–Crippen LogP) is 4.73. The summed E-state index contributed by atoms with van der Waals surface area (Å²) in [6.45, 7) is 2.04. The van der Waals surface area contributed by atoms with Gasteiger partial charge in [0.1, 0.15) is 0 Å². The van der Waals surface area contributed by atoms with Gasteiger partial charge in [0.05, 0.1) is 4.88 Å². The maximum Gasteiger partial charge on any atom is 0.177 e. The van der Waals surface area contributed by atoms with Gasteiger partial charge < -0.3 is 5.73 Å². The summed E-state index contributed by atoms with van der Waals surface area (Å²) >= 11 is 1.52. The van der Waals surface area contributed by atoms with E-state index in [1.54, 1.807) is 0 Å². The first-order valence-corrected chi connectivity index (χ1v) is 7.98. The van der Waals surface area contributed by atoms with Crippen LogP contribution < -0.4 is 5.73 Å². The van der Waals surface area contributed by atoms with E-state index in [1.807, 2.05) is 67.6 Å². The number of anilines is 1. The number of benzene rings is 2. The topological polar surface area (TPSA) is 43.1 Å². The maximum absolute atomic E-state index is 12.4. The third-order valence-corrected chi connectivity index (χ3v) is 4.71. The van der Waals surface area contributed by atoms with Crippen LogP contribution in [0.25, 0.3) is 10.4 Å². The van der Waals surface area contributed by atoms with E-state index in [4.69, 9.17) is 5.73 Å². The highest BCUT2D eigenvalue weighted by Crippen LogP contribution is 2.29. The number of aryl methyl sites for hydroxylation is 1. The van der Waals surface area contributed by atoms with Crippen molar-refractivity contribution in [2.75, 3.05) is 5.73 Å². The lowest BCUT2D eigenvalue weighted by atomic mass is 10.1. The highest BCUT2D eigenvalue weighted by molar-refractivity contribution is 7.17. The lowest BCUT2D eigenvalue weighted by molar-refractivity contribution is 0.0997. The van der Waals surface area contributed by atoms with Crippen LogP contribution in [-0.4, -0.2) is 5.78 Å².